The van der Waals surface area contributed by atoms with Crippen molar-refractivity contribution in [1.82, 2.24) is 9.80 Å². The van der Waals surface area contributed by atoms with Crippen LogP contribution in [0, 0.1) is 5.92 Å². The number of fused-ring (bicyclic) bond motifs is 4. The molecule has 4 rings (SSSR count). The number of hydrogen-bond acceptors (Lipinski definition) is 4. The fourth-order valence-electron chi connectivity index (χ4n) is 4.02. The molecule has 0 N–H and O–H groups in total. The number of carbonyl (C=O) groups is 1. The Kier molecular flexibility index (Phi) is 6.19. The van der Waals surface area contributed by atoms with E-state index in [4.69, 9.17) is 9.47 Å². The van der Waals surface area contributed by atoms with Gasteiger partial charge in [0, 0.05) is 38.3 Å². The molecule has 3 fully saturated rings. The molecule has 5 nitrogen and oxygen atoms in total. The van der Waals surface area contributed by atoms with Crippen LogP contribution in [0.2, 0.25) is 0 Å². The number of carbonyl (C=O) groups excluding carboxylic acids is 1. The molecule has 1 aromatic rings. The molecule has 1 aromatic carbocycles. The van der Waals surface area contributed by atoms with Gasteiger partial charge in [0.25, 0.3) is 0 Å². The van der Waals surface area contributed by atoms with Gasteiger partial charge in [-0.25, -0.2) is 0 Å². The summed E-state index contributed by atoms with van der Waals surface area (Å²) in [5.41, 5.74) is 0. The Balaban J connectivity index is 1.46. The molecule has 3 saturated heterocycles. The lowest BCUT2D eigenvalue weighted by molar-refractivity contribution is -0.139. The Hall–Kier alpha value is -1.75. The molecule has 0 saturated carbocycles. The van der Waals surface area contributed by atoms with Crippen LogP contribution in [0.4, 0.5) is 0 Å². The highest BCUT2D eigenvalue weighted by atomic mass is 16.5. The Bertz CT molecular complexity index is 578. The van der Waals surface area contributed by atoms with Crippen LogP contribution in [0.25, 0.3) is 0 Å². The highest BCUT2D eigenvalue weighted by molar-refractivity contribution is 5.80. The summed E-state index contributed by atoms with van der Waals surface area (Å²) < 4.78 is 11.1. The van der Waals surface area contributed by atoms with Crippen molar-refractivity contribution in [2.24, 2.45) is 5.92 Å². The lowest BCUT2D eigenvalue weighted by atomic mass is 9.94. The average Bonchev–Trinajstić information content (AvgIpc) is 2.91. The van der Waals surface area contributed by atoms with Crippen LogP contribution in [0.15, 0.2) is 24.3 Å². The molecule has 0 radical (unpaired) electrons. The van der Waals surface area contributed by atoms with Gasteiger partial charge in [-0.1, -0.05) is 13.0 Å². The van der Waals surface area contributed by atoms with E-state index in [-0.39, 0.29) is 5.92 Å². The molecule has 1 amide bonds. The highest BCUT2D eigenvalue weighted by Gasteiger charge is 2.39. The van der Waals surface area contributed by atoms with E-state index in [9.17, 15) is 4.79 Å². The van der Waals surface area contributed by atoms with E-state index in [2.05, 4.69) is 16.7 Å². The summed E-state index contributed by atoms with van der Waals surface area (Å²) in [5.74, 6) is 2.24. The van der Waals surface area contributed by atoms with Gasteiger partial charge in [0.2, 0.25) is 5.91 Å². The van der Waals surface area contributed by atoms with Gasteiger partial charge in [0.05, 0.1) is 19.6 Å². The minimum Gasteiger partial charge on any atom is -0.497 e. The molecular weight excluding hydrogens is 316 g/mol. The van der Waals surface area contributed by atoms with Crippen LogP contribution in [0.1, 0.15) is 32.6 Å². The molecule has 0 spiro atoms. The standard InChI is InChI=1S/C20H30N2O3/c1-3-10-22-17-9-8-16(20(22)23)14-21(15-17)11-5-12-25-19-7-4-6-18(13-19)24-2/h4,6-7,13,16-17H,3,5,8-12,14-15H2,1-2H3/t16-,17+/m1/s1. The van der Waals surface area contributed by atoms with Gasteiger partial charge in [0.1, 0.15) is 11.5 Å². The molecule has 0 aliphatic carbocycles. The third-order valence-corrected chi connectivity index (χ3v) is 5.26. The first-order valence-corrected chi connectivity index (χ1v) is 9.51. The molecule has 25 heavy (non-hydrogen) atoms. The predicted octanol–water partition coefficient (Wildman–Crippen LogP) is 2.80. The van der Waals surface area contributed by atoms with E-state index in [1.165, 1.54) is 0 Å². The van der Waals surface area contributed by atoms with E-state index < -0.39 is 0 Å². The van der Waals surface area contributed by atoms with E-state index in [0.29, 0.717) is 18.6 Å². The van der Waals surface area contributed by atoms with Gasteiger partial charge in [-0.15, -0.1) is 0 Å². The molecule has 5 heteroatoms. The predicted molar refractivity (Wildman–Crippen MR) is 98.1 cm³/mol. The number of hydrogen-bond donors (Lipinski definition) is 0. The second-order valence-electron chi connectivity index (χ2n) is 7.10. The van der Waals surface area contributed by atoms with Gasteiger partial charge in [0.15, 0.2) is 0 Å². The van der Waals surface area contributed by atoms with Crippen molar-refractivity contribution in [3.8, 4) is 11.5 Å². The normalized spacial score (nSPS) is 23.6. The third-order valence-electron chi connectivity index (χ3n) is 5.26. The van der Waals surface area contributed by atoms with Crippen LogP contribution in [0.3, 0.4) is 0 Å². The van der Waals surface area contributed by atoms with Gasteiger partial charge >= 0.3 is 0 Å². The van der Waals surface area contributed by atoms with Crippen molar-refractivity contribution in [3.05, 3.63) is 24.3 Å². The van der Waals surface area contributed by atoms with Crippen molar-refractivity contribution in [2.45, 2.75) is 38.6 Å². The number of piperidine rings is 1. The number of methoxy groups -OCH3 is 1. The quantitative estimate of drug-likeness (QED) is 0.679. The van der Waals surface area contributed by atoms with Crippen LogP contribution in [-0.4, -0.2) is 61.6 Å². The molecule has 2 bridgehead atoms. The molecular formula is C20H30N2O3. The smallest absolute Gasteiger partial charge is 0.227 e. The maximum Gasteiger partial charge on any atom is 0.227 e. The average molecular weight is 346 g/mol. The summed E-state index contributed by atoms with van der Waals surface area (Å²) in [6, 6.07) is 8.13. The largest absolute Gasteiger partial charge is 0.497 e. The summed E-state index contributed by atoms with van der Waals surface area (Å²) in [4.78, 5) is 17.2. The summed E-state index contributed by atoms with van der Waals surface area (Å²) in [5, 5.41) is 0. The summed E-state index contributed by atoms with van der Waals surface area (Å²) in [7, 11) is 1.66. The van der Waals surface area contributed by atoms with Crippen molar-refractivity contribution < 1.29 is 14.3 Å². The summed E-state index contributed by atoms with van der Waals surface area (Å²) in [6.07, 6.45) is 4.23. The van der Waals surface area contributed by atoms with Gasteiger partial charge < -0.3 is 19.3 Å². The second kappa shape index (κ2) is 8.56. The number of ether oxygens (including phenoxy) is 2. The van der Waals surface area contributed by atoms with Crippen LogP contribution < -0.4 is 9.47 Å². The molecule has 3 heterocycles. The van der Waals surface area contributed by atoms with E-state index in [1.54, 1.807) is 7.11 Å². The molecule has 138 valence electrons. The fourth-order valence-corrected chi connectivity index (χ4v) is 4.02. The Morgan fingerprint density at radius 1 is 1.16 bits per heavy atom. The van der Waals surface area contributed by atoms with Crippen LogP contribution in [0.5, 0.6) is 11.5 Å². The van der Waals surface area contributed by atoms with Gasteiger partial charge in [-0.05, 0) is 37.8 Å². The Morgan fingerprint density at radius 2 is 2.00 bits per heavy atom. The minimum atomic E-state index is 0.199. The minimum absolute atomic E-state index is 0.199. The SMILES string of the molecule is CCCN1C(=O)[C@@H]2CC[C@H]1CN(CCCOc1cccc(OC)c1)C2. The van der Waals surface area contributed by atoms with Crippen LogP contribution in [-0.2, 0) is 4.79 Å². The molecule has 0 unspecified atom stereocenters. The number of amides is 1. The topological polar surface area (TPSA) is 42.0 Å². The fraction of sp³-hybridized carbons (Fsp3) is 0.650. The van der Waals surface area contributed by atoms with E-state index in [1.807, 2.05) is 24.3 Å². The van der Waals surface area contributed by atoms with E-state index in [0.717, 1.165) is 63.4 Å². The molecule has 3 aliphatic rings. The maximum absolute atomic E-state index is 12.6. The zero-order valence-corrected chi connectivity index (χ0v) is 15.4. The highest BCUT2D eigenvalue weighted by Crippen LogP contribution is 2.29. The third kappa shape index (κ3) is 4.46. The zero-order chi connectivity index (χ0) is 17.6. The first-order valence-electron chi connectivity index (χ1n) is 9.51. The van der Waals surface area contributed by atoms with E-state index >= 15 is 0 Å². The van der Waals surface area contributed by atoms with Gasteiger partial charge in [-0.3, -0.25) is 4.79 Å². The first kappa shape index (κ1) is 18.1. The Labute approximate surface area is 150 Å². The second-order valence-corrected chi connectivity index (χ2v) is 7.10. The lowest BCUT2D eigenvalue weighted by Gasteiger charge is -2.35. The van der Waals surface area contributed by atoms with Crippen molar-refractivity contribution in [1.29, 1.82) is 0 Å². The lowest BCUT2D eigenvalue weighted by Crippen LogP contribution is -2.48. The summed E-state index contributed by atoms with van der Waals surface area (Å²) in [6.45, 7) is 6.66. The first-order chi connectivity index (χ1) is 12.2. The molecule has 2 atom stereocenters. The molecule has 0 aromatic heterocycles. The van der Waals surface area contributed by atoms with Crippen molar-refractivity contribution in [2.75, 3.05) is 39.9 Å². The monoisotopic (exact) mass is 346 g/mol. The zero-order valence-electron chi connectivity index (χ0n) is 15.4. The van der Waals surface area contributed by atoms with Gasteiger partial charge in [-0.2, -0.15) is 0 Å². The number of nitrogens with zero attached hydrogens (tertiary/aromatic N) is 2. The van der Waals surface area contributed by atoms with Crippen molar-refractivity contribution >= 4 is 5.91 Å². The Morgan fingerprint density at radius 3 is 2.80 bits per heavy atom. The number of rotatable bonds is 8. The molecule has 3 aliphatic heterocycles. The van der Waals surface area contributed by atoms with Crippen molar-refractivity contribution in [3.63, 3.8) is 0 Å². The summed E-state index contributed by atoms with van der Waals surface area (Å²) >= 11 is 0. The maximum atomic E-state index is 12.6. The number of benzene rings is 1. The van der Waals surface area contributed by atoms with Crippen LogP contribution >= 0.6 is 0 Å².